The Balaban J connectivity index is 0. The Morgan fingerprint density at radius 3 is 2.06 bits per heavy atom. The van der Waals surface area contributed by atoms with Gasteiger partial charge in [0.1, 0.15) is 5.78 Å². The highest BCUT2D eigenvalue weighted by Crippen LogP contribution is 2.05. The summed E-state index contributed by atoms with van der Waals surface area (Å²) in [6, 6.07) is 0. The van der Waals surface area contributed by atoms with Crippen molar-refractivity contribution in [2.75, 3.05) is 6.54 Å². The fourth-order valence-corrected chi connectivity index (χ4v) is 1.13. The molecule has 1 unspecified atom stereocenters. The lowest BCUT2D eigenvalue weighted by molar-refractivity contribution is -0.155. The van der Waals surface area contributed by atoms with Crippen LogP contribution in [0.2, 0.25) is 0 Å². The highest BCUT2D eigenvalue weighted by molar-refractivity contribution is 5.88. The van der Waals surface area contributed by atoms with Crippen molar-refractivity contribution < 1.29 is 19.1 Å². The summed E-state index contributed by atoms with van der Waals surface area (Å²) in [6.45, 7) is 4.94. The van der Waals surface area contributed by atoms with Gasteiger partial charge in [-0.3, -0.25) is 14.4 Å². The molecule has 0 saturated carbocycles. The zero-order valence-corrected chi connectivity index (χ0v) is 11.2. The molecule has 0 aliphatic heterocycles. The molecule has 100 valence electrons. The van der Waals surface area contributed by atoms with Crippen molar-refractivity contribution in [1.82, 2.24) is 0 Å². The normalized spacial score (nSPS) is 11.6. The summed E-state index contributed by atoms with van der Waals surface area (Å²) in [7, 11) is 0. The van der Waals surface area contributed by atoms with Crippen LogP contribution >= 0.6 is 12.4 Å². The Hall–Kier alpha value is -0.940. The smallest absolute Gasteiger partial charge is 0.306 e. The average Bonchev–Trinajstić information content (AvgIpc) is 2.24. The van der Waals surface area contributed by atoms with Gasteiger partial charge in [0.25, 0.3) is 0 Å². The molecule has 0 spiro atoms. The van der Waals surface area contributed by atoms with Crippen LogP contribution in [0.4, 0.5) is 0 Å². The third-order valence-corrected chi connectivity index (χ3v) is 2.11. The van der Waals surface area contributed by atoms with Crippen molar-refractivity contribution >= 4 is 29.9 Å². The molecule has 0 aromatic carbocycles. The molecule has 0 aliphatic rings. The molecule has 0 amide bonds. The summed E-state index contributed by atoms with van der Waals surface area (Å²) < 4.78 is 4.89. The van der Waals surface area contributed by atoms with Crippen molar-refractivity contribution in [3.8, 4) is 0 Å². The van der Waals surface area contributed by atoms with Gasteiger partial charge in [0.2, 0.25) is 0 Å². The number of halogens is 1. The zero-order chi connectivity index (χ0) is 12.7. The highest BCUT2D eigenvalue weighted by Gasteiger charge is 2.20. The first kappa shape index (κ1) is 18.4. The Morgan fingerprint density at radius 2 is 1.65 bits per heavy atom. The second-order valence-electron chi connectivity index (χ2n) is 3.93. The van der Waals surface area contributed by atoms with E-state index in [0.29, 0.717) is 0 Å². The van der Waals surface area contributed by atoms with Gasteiger partial charge >= 0.3 is 5.97 Å². The van der Waals surface area contributed by atoms with Gasteiger partial charge < -0.3 is 10.5 Å². The maximum atomic E-state index is 11.4. The molecule has 0 bridgehead atoms. The minimum Gasteiger partial charge on any atom is -0.455 e. The SMILES string of the molecule is CC(C)C(=O)C(C)OC(=O)CCC(=O)CN.Cl. The standard InChI is InChI=1S/C11H19NO4.ClH/c1-7(2)11(15)8(3)16-10(14)5-4-9(13)6-12;/h7-8H,4-6,12H2,1-3H3;1H. The molecule has 5 nitrogen and oxygen atoms in total. The van der Waals surface area contributed by atoms with E-state index in [2.05, 4.69) is 0 Å². The molecule has 0 aromatic rings. The number of rotatable bonds is 7. The van der Waals surface area contributed by atoms with Crippen molar-refractivity contribution in [2.24, 2.45) is 11.7 Å². The number of hydrogen-bond acceptors (Lipinski definition) is 5. The summed E-state index contributed by atoms with van der Waals surface area (Å²) >= 11 is 0. The predicted octanol–water partition coefficient (Wildman–Crippen LogP) is 0.873. The minimum atomic E-state index is -0.750. The minimum absolute atomic E-state index is 0. The monoisotopic (exact) mass is 265 g/mol. The van der Waals surface area contributed by atoms with Crippen LogP contribution in [0.25, 0.3) is 0 Å². The number of ketones is 2. The molecule has 0 heterocycles. The second kappa shape index (κ2) is 9.13. The Morgan fingerprint density at radius 1 is 1.12 bits per heavy atom. The van der Waals surface area contributed by atoms with E-state index in [0.717, 1.165) is 0 Å². The van der Waals surface area contributed by atoms with Crippen LogP contribution in [0.15, 0.2) is 0 Å². The van der Waals surface area contributed by atoms with E-state index in [1.807, 2.05) is 0 Å². The molecule has 17 heavy (non-hydrogen) atoms. The summed E-state index contributed by atoms with van der Waals surface area (Å²) in [5.74, 6) is -1.03. The molecule has 0 fully saturated rings. The van der Waals surface area contributed by atoms with Gasteiger partial charge in [0.05, 0.1) is 13.0 Å². The van der Waals surface area contributed by atoms with E-state index in [-0.39, 0.29) is 49.3 Å². The largest absolute Gasteiger partial charge is 0.455 e. The number of nitrogens with two attached hydrogens (primary N) is 1. The van der Waals surface area contributed by atoms with Crippen LogP contribution < -0.4 is 5.73 Å². The molecular weight excluding hydrogens is 246 g/mol. The predicted molar refractivity (Wildman–Crippen MR) is 65.9 cm³/mol. The zero-order valence-electron chi connectivity index (χ0n) is 10.4. The molecule has 0 radical (unpaired) electrons. The summed E-state index contributed by atoms with van der Waals surface area (Å²) in [5, 5.41) is 0. The third kappa shape index (κ3) is 7.88. The fourth-order valence-electron chi connectivity index (χ4n) is 1.13. The second-order valence-corrected chi connectivity index (χ2v) is 3.93. The van der Waals surface area contributed by atoms with Gasteiger partial charge in [-0.25, -0.2) is 0 Å². The number of esters is 1. The Kier molecular flexibility index (Phi) is 9.89. The van der Waals surface area contributed by atoms with Crippen LogP contribution in [0.5, 0.6) is 0 Å². The number of carbonyl (C=O) groups is 3. The first-order valence-corrected chi connectivity index (χ1v) is 5.33. The molecule has 2 N–H and O–H groups in total. The third-order valence-electron chi connectivity index (χ3n) is 2.11. The van der Waals surface area contributed by atoms with Gasteiger partial charge in [0, 0.05) is 12.3 Å². The summed E-state index contributed by atoms with van der Waals surface area (Å²) in [5.41, 5.74) is 5.09. The molecular formula is C11H20ClNO4. The molecule has 6 heteroatoms. The Bertz CT molecular complexity index is 279. The highest BCUT2D eigenvalue weighted by atomic mass is 35.5. The van der Waals surface area contributed by atoms with Crippen LogP contribution in [-0.4, -0.2) is 30.2 Å². The van der Waals surface area contributed by atoms with Gasteiger partial charge in [-0.2, -0.15) is 0 Å². The number of carbonyl (C=O) groups excluding carboxylic acids is 3. The van der Waals surface area contributed by atoms with E-state index in [4.69, 9.17) is 10.5 Å². The van der Waals surface area contributed by atoms with Crippen molar-refractivity contribution in [3.05, 3.63) is 0 Å². The van der Waals surface area contributed by atoms with Crippen LogP contribution in [-0.2, 0) is 19.1 Å². The summed E-state index contributed by atoms with van der Waals surface area (Å²) in [6.07, 6.45) is -0.704. The van der Waals surface area contributed by atoms with Gasteiger partial charge in [-0.05, 0) is 6.92 Å². The van der Waals surface area contributed by atoms with E-state index in [9.17, 15) is 14.4 Å². The molecule has 0 aromatic heterocycles. The van der Waals surface area contributed by atoms with Gasteiger partial charge in [-0.1, -0.05) is 13.8 Å². The van der Waals surface area contributed by atoms with Crippen molar-refractivity contribution in [2.45, 2.75) is 39.7 Å². The topological polar surface area (TPSA) is 86.5 Å². The maximum Gasteiger partial charge on any atom is 0.306 e. The lowest BCUT2D eigenvalue weighted by Gasteiger charge is -2.13. The first-order chi connectivity index (χ1) is 7.38. The molecule has 1 atom stereocenters. The van der Waals surface area contributed by atoms with E-state index in [1.165, 1.54) is 6.92 Å². The average molecular weight is 266 g/mol. The number of Topliss-reactive ketones (excluding diaryl/α,β-unsaturated/α-hetero) is 2. The quantitative estimate of drug-likeness (QED) is 0.691. The van der Waals surface area contributed by atoms with E-state index >= 15 is 0 Å². The van der Waals surface area contributed by atoms with Gasteiger partial charge in [0.15, 0.2) is 11.9 Å². The first-order valence-electron chi connectivity index (χ1n) is 5.33. The van der Waals surface area contributed by atoms with Crippen LogP contribution in [0, 0.1) is 5.92 Å². The summed E-state index contributed by atoms with van der Waals surface area (Å²) in [4.78, 5) is 33.5. The van der Waals surface area contributed by atoms with Crippen LogP contribution in [0.1, 0.15) is 33.6 Å². The lowest BCUT2D eigenvalue weighted by Crippen LogP contribution is -2.28. The van der Waals surface area contributed by atoms with Crippen molar-refractivity contribution in [3.63, 3.8) is 0 Å². The Labute approximate surface area is 107 Å². The van der Waals surface area contributed by atoms with Gasteiger partial charge in [-0.15, -0.1) is 12.4 Å². The van der Waals surface area contributed by atoms with Crippen LogP contribution in [0.3, 0.4) is 0 Å². The molecule has 0 rings (SSSR count). The molecule has 0 aliphatic carbocycles. The van der Waals surface area contributed by atoms with E-state index < -0.39 is 12.1 Å². The van der Waals surface area contributed by atoms with E-state index in [1.54, 1.807) is 13.8 Å². The lowest BCUT2D eigenvalue weighted by atomic mass is 10.1. The van der Waals surface area contributed by atoms with Crippen molar-refractivity contribution in [1.29, 1.82) is 0 Å². The number of ether oxygens (including phenoxy) is 1. The fraction of sp³-hybridized carbons (Fsp3) is 0.727. The number of hydrogen-bond donors (Lipinski definition) is 1. The molecule has 0 saturated heterocycles. The maximum absolute atomic E-state index is 11.4.